The summed E-state index contributed by atoms with van der Waals surface area (Å²) in [5.74, 6) is 0. The maximum absolute atomic E-state index is 12.2. The monoisotopic (exact) mass is 221 g/mol. The van der Waals surface area contributed by atoms with Gasteiger partial charge in [-0.1, -0.05) is 13.3 Å². The Bertz CT molecular complexity index is 306. The van der Waals surface area contributed by atoms with Crippen LogP contribution in [-0.2, 0) is 12.7 Å². The molecule has 0 saturated carbocycles. The first-order chi connectivity index (χ1) is 6.93. The van der Waals surface area contributed by atoms with Gasteiger partial charge < -0.3 is 5.73 Å². The minimum Gasteiger partial charge on any atom is -0.326 e. The summed E-state index contributed by atoms with van der Waals surface area (Å²) in [6.07, 6.45) is -0.836. The predicted octanol–water partition coefficient (Wildman–Crippen LogP) is 2.03. The fourth-order valence-electron chi connectivity index (χ4n) is 1.31. The van der Waals surface area contributed by atoms with E-state index in [4.69, 9.17) is 5.73 Å². The number of aromatic nitrogens is 2. The molecule has 1 rings (SSSR count). The number of hydrogen-bond acceptors (Lipinski definition) is 2. The summed E-state index contributed by atoms with van der Waals surface area (Å²) in [4.78, 5) is 0. The number of alkyl halides is 3. The standard InChI is InChI=1S/C9H14F3N3/c1-2-3-8(13)6-15-5-7(4-14-15)9(10,11)12/h4-5,8H,2-3,6,13H2,1H3. The normalized spacial score (nSPS) is 14.2. The first kappa shape index (κ1) is 12.0. The van der Waals surface area contributed by atoms with E-state index in [1.54, 1.807) is 0 Å². The highest BCUT2D eigenvalue weighted by molar-refractivity contribution is 5.08. The molecule has 2 N–H and O–H groups in total. The van der Waals surface area contributed by atoms with Crippen LogP contribution < -0.4 is 5.73 Å². The van der Waals surface area contributed by atoms with Crippen LogP contribution >= 0.6 is 0 Å². The van der Waals surface area contributed by atoms with E-state index in [1.165, 1.54) is 4.68 Å². The lowest BCUT2D eigenvalue weighted by atomic mass is 10.2. The SMILES string of the molecule is CCCC(N)Cn1cc(C(F)(F)F)cn1. The molecule has 0 amide bonds. The number of hydrogen-bond donors (Lipinski definition) is 1. The van der Waals surface area contributed by atoms with E-state index in [1.807, 2.05) is 6.92 Å². The van der Waals surface area contributed by atoms with Crippen molar-refractivity contribution in [1.29, 1.82) is 0 Å². The molecule has 1 aromatic rings. The van der Waals surface area contributed by atoms with Crippen LogP contribution in [0.5, 0.6) is 0 Å². The number of nitrogens with two attached hydrogens (primary N) is 1. The smallest absolute Gasteiger partial charge is 0.326 e. The second-order valence-electron chi connectivity index (χ2n) is 3.50. The molecule has 1 aromatic heterocycles. The molecule has 0 aliphatic heterocycles. The Kier molecular flexibility index (Phi) is 3.73. The molecule has 1 unspecified atom stereocenters. The van der Waals surface area contributed by atoms with Gasteiger partial charge in [0.2, 0.25) is 0 Å². The van der Waals surface area contributed by atoms with Crippen molar-refractivity contribution in [3.63, 3.8) is 0 Å². The molecule has 1 heterocycles. The number of halogens is 3. The predicted molar refractivity (Wildman–Crippen MR) is 50.1 cm³/mol. The second kappa shape index (κ2) is 4.65. The summed E-state index contributed by atoms with van der Waals surface area (Å²) in [5, 5.41) is 3.62. The fraction of sp³-hybridized carbons (Fsp3) is 0.667. The highest BCUT2D eigenvalue weighted by Gasteiger charge is 2.32. The van der Waals surface area contributed by atoms with Crippen LogP contribution in [0.2, 0.25) is 0 Å². The lowest BCUT2D eigenvalue weighted by molar-refractivity contribution is -0.137. The first-order valence-electron chi connectivity index (χ1n) is 4.78. The topological polar surface area (TPSA) is 43.8 Å². The van der Waals surface area contributed by atoms with E-state index in [-0.39, 0.29) is 6.04 Å². The molecule has 0 aliphatic carbocycles. The van der Waals surface area contributed by atoms with Gasteiger partial charge in [-0.2, -0.15) is 18.3 Å². The van der Waals surface area contributed by atoms with Crippen molar-refractivity contribution in [2.75, 3.05) is 0 Å². The van der Waals surface area contributed by atoms with Crippen molar-refractivity contribution in [3.05, 3.63) is 18.0 Å². The molecule has 0 bridgehead atoms. The Morgan fingerprint density at radius 2 is 2.20 bits per heavy atom. The minimum absolute atomic E-state index is 0.143. The van der Waals surface area contributed by atoms with Crippen LogP contribution in [0, 0.1) is 0 Å². The quantitative estimate of drug-likeness (QED) is 0.845. The van der Waals surface area contributed by atoms with E-state index >= 15 is 0 Å². The zero-order valence-corrected chi connectivity index (χ0v) is 8.46. The van der Waals surface area contributed by atoms with Crippen LogP contribution in [0.25, 0.3) is 0 Å². The van der Waals surface area contributed by atoms with Crippen molar-refractivity contribution in [2.24, 2.45) is 5.73 Å². The van der Waals surface area contributed by atoms with Gasteiger partial charge in [0.15, 0.2) is 0 Å². The van der Waals surface area contributed by atoms with Crippen LogP contribution in [-0.4, -0.2) is 15.8 Å². The fourth-order valence-corrected chi connectivity index (χ4v) is 1.31. The summed E-state index contributed by atoms with van der Waals surface area (Å²) in [6, 6.07) is -0.143. The largest absolute Gasteiger partial charge is 0.419 e. The van der Waals surface area contributed by atoms with Crippen molar-refractivity contribution >= 4 is 0 Å². The molecule has 86 valence electrons. The van der Waals surface area contributed by atoms with Gasteiger partial charge in [-0.3, -0.25) is 4.68 Å². The Hall–Kier alpha value is -1.04. The van der Waals surface area contributed by atoms with Crippen molar-refractivity contribution in [3.8, 4) is 0 Å². The number of nitrogens with zero attached hydrogens (tertiary/aromatic N) is 2. The molecular formula is C9H14F3N3. The third-order valence-electron chi connectivity index (χ3n) is 2.04. The highest BCUT2D eigenvalue weighted by Crippen LogP contribution is 2.28. The second-order valence-corrected chi connectivity index (χ2v) is 3.50. The van der Waals surface area contributed by atoms with E-state index in [2.05, 4.69) is 5.10 Å². The van der Waals surface area contributed by atoms with Crippen molar-refractivity contribution in [2.45, 2.75) is 38.5 Å². The molecule has 0 aromatic carbocycles. The summed E-state index contributed by atoms with van der Waals surface area (Å²) < 4.78 is 37.8. The third kappa shape index (κ3) is 3.54. The van der Waals surface area contributed by atoms with Crippen molar-refractivity contribution < 1.29 is 13.2 Å². The summed E-state index contributed by atoms with van der Waals surface area (Å²) in [7, 11) is 0. The van der Waals surface area contributed by atoms with Gasteiger partial charge >= 0.3 is 6.18 Å². The molecule has 3 nitrogen and oxygen atoms in total. The maximum Gasteiger partial charge on any atom is 0.419 e. The molecule has 0 radical (unpaired) electrons. The van der Waals surface area contributed by atoms with Crippen LogP contribution in [0.15, 0.2) is 12.4 Å². The summed E-state index contributed by atoms with van der Waals surface area (Å²) in [5.41, 5.74) is 4.96. The van der Waals surface area contributed by atoms with Gasteiger partial charge in [0, 0.05) is 12.2 Å². The van der Waals surface area contributed by atoms with Gasteiger partial charge in [0.05, 0.1) is 18.3 Å². The summed E-state index contributed by atoms with van der Waals surface area (Å²) >= 11 is 0. The highest BCUT2D eigenvalue weighted by atomic mass is 19.4. The molecule has 1 atom stereocenters. The Balaban J connectivity index is 2.61. The Morgan fingerprint density at radius 1 is 1.53 bits per heavy atom. The number of rotatable bonds is 4. The average molecular weight is 221 g/mol. The lowest BCUT2D eigenvalue weighted by Gasteiger charge is -2.09. The third-order valence-corrected chi connectivity index (χ3v) is 2.04. The minimum atomic E-state index is -4.33. The Labute approximate surface area is 86.1 Å². The van der Waals surface area contributed by atoms with Gasteiger partial charge in [-0.15, -0.1) is 0 Å². The Morgan fingerprint density at radius 3 is 2.67 bits per heavy atom. The van der Waals surface area contributed by atoms with Gasteiger partial charge in [-0.25, -0.2) is 0 Å². The molecule has 0 spiro atoms. The molecule has 0 saturated heterocycles. The molecular weight excluding hydrogens is 207 g/mol. The van der Waals surface area contributed by atoms with Gasteiger partial charge in [-0.05, 0) is 6.42 Å². The maximum atomic E-state index is 12.2. The molecule has 0 fully saturated rings. The average Bonchev–Trinajstić information content (AvgIpc) is 2.52. The van der Waals surface area contributed by atoms with E-state index < -0.39 is 11.7 Å². The van der Waals surface area contributed by atoms with Crippen LogP contribution in [0.1, 0.15) is 25.3 Å². The van der Waals surface area contributed by atoms with E-state index in [0.29, 0.717) is 6.54 Å². The molecule has 15 heavy (non-hydrogen) atoms. The van der Waals surface area contributed by atoms with E-state index in [0.717, 1.165) is 25.2 Å². The van der Waals surface area contributed by atoms with E-state index in [9.17, 15) is 13.2 Å². The lowest BCUT2D eigenvalue weighted by Crippen LogP contribution is -2.26. The zero-order chi connectivity index (χ0) is 11.5. The zero-order valence-electron chi connectivity index (χ0n) is 8.46. The first-order valence-corrected chi connectivity index (χ1v) is 4.78. The molecule has 6 heteroatoms. The van der Waals surface area contributed by atoms with Crippen molar-refractivity contribution in [1.82, 2.24) is 9.78 Å². The van der Waals surface area contributed by atoms with Crippen LogP contribution in [0.3, 0.4) is 0 Å². The van der Waals surface area contributed by atoms with Gasteiger partial charge in [0.1, 0.15) is 0 Å². The molecule has 0 aliphatic rings. The summed E-state index contributed by atoms with van der Waals surface area (Å²) in [6.45, 7) is 2.30. The van der Waals surface area contributed by atoms with Gasteiger partial charge in [0.25, 0.3) is 0 Å². The van der Waals surface area contributed by atoms with Crippen LogP contribution in [0.4, 0.5) is 13.2 Å².